The second-order valence-corrected chi connectivity index (χ2v) is 7.98. The molecule has 0 saturated heterocycles. The van der Waals surface area contributed by atoms with Crippen LogP contribution in [-0.4, -0.2) is 16.7 Å². The highest BCUT2D eigenvalue weighted by molar-refractivity contribution is 7.17. The van der Waals surface area contributed by atoms with E-state index in [9.17, 15) is 4.79 Å². The van der Waals surface area contributed by atoms with Crippen molar-refractivity contribution in [1.29, 1.82) is 0 Å². The standard InChI is InChI=1S/C23H22N2O2S/c1-14-5-8-20(27-4)18(9-14)11-25-13-24-22-21(23(25)26)19(12-28-22)17-7-6-15(2)16(3)10-17/h5-10,12-13H,11H2,1-4H3. The van der Waals surface area contributed by atoms with E-state index < -0.39 is 0 Å². The van der Waals surface area contributed by atoms with Crippen LogP contribution in [0, 0.1) is 20.8 Å². The monoisotopic (exact) mass is 390 g/mol. The molecule has 142 valence electrons. The summed E-state index contributed by atoms with van der Waals surface area (Å²) in [7, 11) is 1.65. The van der Waals surface area contributed by atoms with Crippen LogP contribution >= 0.6 is 11.3 Å². The Kier molecular flexibility index (Phi) is 4.77. The number of thiophene rings is 1. The van der Waals surface area contributed by atoms with Crippen molar-refractivity contribution in [1.82, 2.24) is 9.55 Å². The van der Waals surface area contributed by atoms with Crippen LogP contribution in [0.1, 0.15) is 22.3 Å². The van der Waals surface area contributed by atoms with Crippen molar-refractivity contribution in [2.75, 3.05) is 7.11 Å². The fraction of sp³-hybridized carbons (Fsp3) is 0.217. The minimum Gasteiger partial charge on any atom is -0.496 e. The van der Waals surface area contributed by atoms with E-state index in [0.717, 1.165) is 32.8 Å². The second-order valence-electron chi connectivity index (χ2n) is 7.12. The molecule has 2 heterocycles. The number of aromatic nitrogens is 2. The maximum Gasteiger partial charge on any atom is 0.263 e. The normalized spacial score (nSPS) is 11.1. The predicted octanol–water partition coefficient (Wildman–Crippen LogP) is 5.11. The first-order valence-corrected chi connectivity index (χ1v) is 10.0. The number of ether oxygens (including phenoxy) is 1. The van der Waals surface area contributed by atoms with Gasteiger partial charge in [0.25, 0.3) is 5.56 Å². The molecule has 0 aliphatic carbocycles. The molecule has 0 bridgehead atoms. The Morgan fingerprint density at radius 2 is 1.89 bits per heavy atom. The third-order valence-electron chi connectivity index (χ3n) is 5.16. The molecule has 28 heavy (non-hydrogen) atoms. The maximum atomic E-state index is 13.3. The van der Waals surface area contributed by atoms with Gasteiger partial charge in [-0.15, -0.1) is 11.3 Å². The lowest BCUT2D eigenvalue weighted by molar-refractivity contribution is 0.408. The summed E-state index contributed by atoms with van der Waals surface area (Å²) in [4.78, 5) is 18.6. The molecule has 0 saturated carbocycles. The van der Waals surface area contributed by atoms with Gasteiger partial charge < -0.3 is 4.74 Å². The Morgan fingerprint density at radius 1 is 1.07 bits per heavy atom. The van der Waals surface area contributed by atoms with Gasteiger partial charge >= 0.3 is 0 Å². The zero-order chi connectivity index (χ0) is 19.8. The minimum atomic E-state index is -0.0250. The van der Waals surface area contributed by atoms with Crippen LogP contribution in [0.25, 0.3) is 21.3 Å². The summed E-state index contributed by atoms with van der Waals surface area (Å²) in [6.45, 7) is 6.64. The van der Waals surface area contributed by atoms with Gasteiger partial charge in [-0.2, -0.15) is 0 Å². The zero-order valence-corrected chi connectivity index (χ0v) is 17.3. The van der Waals surface area contributed by atoms with E-state index in [0.29, 0.717) is 11.9 Å². The molecule has 0 amide bonds. The van der Waals surface area contributed by atoms with Gasteiger partial charge in [0.15, 0.2) is 0 Å². The van der Waals surface area contributed by atoms with Gasteiger partial charge in [-0.25, -0.2) is 4.98 Å². The molecule has 4 aromatic rings. The summed E-state index contributed by atoms with van der Waals surface area (Å²) in [5, 5.41) is 2.71. The molecule has 4 nitrogen and oxygen atoms in total. The van der Waals surface area contributed by atoms with Gasteiger partial charge in [-0.3, -0.25) is 9.36 Å². The maximum absolute atomic E-state index is 13.3. The number of methoxy groups -OCH3 is 1. The van der Waals surface area contributed by atoms with Crippen molar-refractivity contribution in [3.8, 4) is 16.9 Å². The molecule has 0 spiro atoms. The Hall–Kier alpha value is -2.92. The van der Waals surface area contributed by atoms with Crippen molar-refractivity contribution in [3.05, 3.63) is 80.7 Å². The molecule has 2 aromatic heterocycles. The first-order valence-electron chi connectivity index (χ1n) is 9.15. The molecule has 0 aliphatic rings. The summed E-state index contributed by atoms with van der Waals surface area (Å²) in [6, 6.07) is 12.3. The average Bonchev–Trinajstić information content (AvgIpc) is 3.11. The molecule has 4 rings (SSSR count). The lowest BCUT2D eigenvalue weighted by Crippen LogP contribution is -2.21. The Bertz CT molecular complexity index is 1240. The second kappa shape index (κ2) is 7.24. The van der Waals surface area contributed by atoms with Gasteiger partial charge in [-0.1, -0.05) is 35.9 Å². The molecular weight excluding hydrogens is 368 g/mol. The number of benzene rings is 2. The van der Waals surface area contributed by atoms with Crippen LogP contribution in [0.4, 0.5) is 0 Å². The SMILES string of the molecule is COc1ccc(C)cc1Cn1cnc2scc(-c3ccc(C)c(C)c3)c2c1=O. The first-order chi connectivity index (χ1) is 13.5. The quantitative estimate of drug-likeness (QED) is 0.486. The summed E-state index contributed by atoms with van der Waals surface area (Å²) < 4.78 is 7.13. The average molecular weight is 391 g/mol. The highest BCUT2D eigenvalue weighted by atomic mass is 32.1. The van der Waals surface area contributed by atoms with Crippen LogP contribution in [0.3, 0.4) is 0 Å². The van der Waals surface area contributed by atoms with E-state index in [1.165, 1.54) is 22.5 Å². The molecule has 0 unspecified atom stereocenters. The van der Waals surface area contributed by atoms with Crippen molar-refractivity contribution in [3.63, 3.8) is 0 Å². The molecule has 0 radical (unpaired) electrons. The van der Waals surface area contributed by atoms with Crippen LogP contribution in [0.2, 0.25) is 0 Å². The smallest absolute Gasteiger partial charge is 0.263 e. The van der Waals surface area contributed by atoms with Gasteiger partial charge in [0.05, 0.1) is 25.4 Å². The molecule has 5 heteroatoms. The third-order valence-corrected chi connectivity index (χ3v) is 6.04. The minimum absolute atomic E-state index is 0.0250. The number of hydrogen-bond acceptors (Lipinski definition) is 4. The molecule has 0 N–H and O–H groups in total. The van der Waals surface area contributed by atoms with Crippen LogP contribution < -0.4 is 10.3 Å². The Morgan fingerprint density at radius 3 is 2.64 bits per heavy atom. The summed E-state index contributed by atoms with van der Waals surface area (Å²) in [5.74, 6) is 0.775. The number of rotatable bonds is 4. The molecular formula is C23H22N2O2S. The van der Waals surface area contributed by atoms with Crippen molar-refractivity contribution in [2.45, 2.75) is 27.3 Å². The van der Waals surface area contributed by atoms with E-state index in [2.05, 4.69) is 37.0 Å². The van der Waals surface area contributed by atoms with Gasteiger partial charge in [0.1, 0.15) is 10.6 Å². The van der Waals surface area contributed by atoms with Gasteiger partial charge in [0.2, 0.25) is 0 Å². The summed E-state index contributed by atoms with van der Waals surface area (Å²) in [5.41, 5.74) is 6.53. The topological polar surface area (TPSA) is 44.1 Å². The van der Waals surface area contributed by atoms with Crippen molar-refractivity contribution >= 4 is 21.6 Å². The fourth-order valence-electron chi connectivity index (χ4n) is 3.42. The predicted molar refractivity (Wildman–Crippen MR) is 116 cm³/mol. The number of aryl methyl sites for hydroxylation is 3. The first kappa shape index (κ1) is 18.4. The number of nitrogens with zero attached hydrogens (tertiary/aromatic N) is 2. The van der Waals surface area contributed by atoms with E-state index in [1.54, 1.807) is 18.0 Å². The summed E-state index contributed by atoms with van der Waals surface area (Å²) in [6.07, 6.45) is 1.63. The molecule has 0 aliphatic heterocycles. The largest absolute Gasteiger partial charge is 0.496 e. The highest BCUT2D eigenvalue weighted by Gasteiger charge is 2.15. The van der Waals surface area contributed by atoms with Crippen LogP contribution in [-0.2, 0) is 6.54 Å². The highest BCUT2D eigenvalue weighted by Crippen LogP contribution is 2.32. The van der Waals surface area contributed by atoms with E-state index in [1.807, 2.05) is 30.5 Å². The lowest BCUT2D eigenvalue weighted by Gasteiger charge is -2.11. The van der Waals surface area contributed by atoms with E-state index in [4.69, 9.17) is 4.74 Å². The van der Waals surface area contributed by atoms with Crippen LogP contribution in [0.15, 0.2) is 52.9 Å². The van der Waals surface area contributed by atoms with E-state index in [-0.39, 0.29) is 5.56 Å². The Balaban J connectivity index is 1.84. The number of hydrogen-bond donors (Lipinski definition) is 0. The van der Waals surface area contributed by atoms with Crippen molar-refractivity contribution < 1.29 is 4.74 Å². The number of fused-ring (bicyclic) bond motifs is 1. The van der Waals surface area contributed by atoms with Gasteiger partial charge in [0, 0.05) is 16.5 Å². The van der Waals surface area contributed by atoms with Gasteiger partial charge in [-0.05, 0) is 43.5 Å². The Labute approximate surface area is 168 Å². The third kappa shape index (κ3) is 3.22. The lowest BCUT2D eigenvalue weighted by atomic mass is 10.0. The fourth-order valence-corrected chi connectivity index (χ4v) is 4.32. The van der Waals surface area contributed by atoms with Crippen molar-refractivity contribution in [2.24, 2.45) is 0 Å². The molecule has 0 fully saturated rings. The summed E-state index contributed by atoms with van der Waals surface area (Å²) >= 11 is 1.51. The zero-order valence-electron chi connectivity index (χ0n) is 16.4. The van der Waals surface area contributed by atoms with Crippen LogP contribution in [0.5, 0.6) is 5.75 Å². The molecule has 2 aromatic carbocycles. The molecule has 0 atom stereocenters. The van der Waals surface area contributed by atoms with E-state index >= 15 is 0 Å².